The van der Waals surface area contributed by atoms with Gasteiger partial charge in [0.1, 0.15) is 5.75 Å². The molecular formula is C18H20N2O2. The molecule has 1 aliphatic rings. The van der Waals surface area contributed by atoms with Gasteiger partial charge in [0.25, 0.3) is 0 Å². The lowest BCUT2D eigenvalue weighted by atomic mass is 9.92. The maximum atomic E-state index is 11.8. The minimum absolute atomic E-state index is 0.0247. The molecular weight excluding hydrogens is 276 g/mol. The number of anilines is 1. The van der Waals surface area contributed by atoms with Gasteiger partial charge >= 0.3 is 0 Å². The molecule has 0 aliphatic carbocycles. The molecule has 4 nitrogen and oxygen atoms in total. The Kier molecular flexibility index (Phi) is 3.86. The highest BCUT2D eigenvalue weighted by molar-refractivity contribution is 6.00. The zero-order valence-corrected chi connectivity index (χ0v) is 12.8. The Balaban J connectivity index is 2.11. The number of aryl methyl sites for hydroxylation is 1. The Morgan fingerprint density at radius 2 is 2.05 bits per heavy atom. The molecule has 0 aromatic heterocycles. The molecule has 1 heterocycles. The molecule has 114 valence electrons. The van der Waals surface area contributed by atoms with Crippen LogP contribution in [0.25, 0.3) is 0 Å². The van der Waals surface area contributed by atoms with Crippen LogP contribution in [0.3, 0.4) is 0 Å². The summed E-state index contributed by atoms with van der Waals surface area (Å²) in [5.41, 5.74) is 11.5. The molecule has 1 atom stereocenters. The van der Waals surface area contributed by atoms with Crippen molar-refractivity contribution in [2.24, 2.45) is 5.73 Å². The van der Waals surface area contributed by atoms with E-state index in [1.807, 2.05) is 24.3 Å². The zero-order chi connectivity index (χ0) is 15.7. The Morgan fingerprint density at radius 3 is 2.77 bits per heavy atom. The molecule has 0 spiro atoms. The second-order valence-corrected chi connectivity index (χ2v) is 5.52. The lowest BCUT2D eigenvalue weighted by Gasteiger charge is -2.20. The van der Waals surface area contributed by atoms with E-state index in [9.17, 15) is 4.79 Å². The quantitative estimate of drug-likeness (QED) is 0.912. The number of rotatable bonds is 4. The summed E-state index contributed by atoms with van der Waals surface area (Å²) in [5, 5.41) is 2.95. The summed E-state index contributed by atoms with van der Waals surface area (Å²) in [4.78, 5) is 11.8. The Bertz CT molecular complexity index is 725. The fourth-order valence-electron chi connectivity index (χ4n) is 2.98. The van der Waals surface area contributed by atoms with Gasteiger partial charge < -0.3 is 15.8 Å². The van der Waals surface area contributed by atoms with Crippen LogP contribution in [-0.2, 0) is 17.6 Å². The van der Waals surface area contributed by atoms with Crippen molar-refractivity contribution in [3.63, 3.8) is 0 Å². The highest BCUT2D eigenvalue weighted by Gasteiger charge is 2.25. The molecule has 1 amide bonds. The summed E-state index contributed by atoms with van der Waals surface area (Å²) in [7, 11) is 1.64. The predicted octanol–water partition coefficient (Wildman–Crippen LogP) is 2.80. The molecule has 1 unspecified atom stereocenters. The number of hydrogen-bond donors (Lipinski definition) is 2. The van der Waals surface area contributed by atoms with E-state index >= 15 is 0 Å². The van der Waals surface area contributed by atoms with Crippen molar-refractivity contribution >= 4 is 11.6 Å². The number of nitrogens with two attached hydrogens (primary N) is 1. The number of methoxy groups -OCH3 is 1. The first kappa shape index (κ1) is 14.6. The van der Waals surface area contributed by atoms with Gasteiger partial charge in [-0.2, -0.15) is 0 Å². The minimum Gasteiger partial charge on any atom is -0.496 e. The second-order valence-electron chi connectivity index (χ2n) is 5.52. The van der Waals surface area contributed by atoms with Crippen LogP contribution in [0.4, 0.5) is 5.69 Å². The lowest BCUT2D eigenvalue weighted by Crippen LogP contribution is -2.16. The van der Waals surface area contributed by atoms with E-state index < -0.39 is 0 Å². The SMILES string of the molecule is CCc1cc2c(c(C(N)c3ccccc3OC)c1)NC(=O)C2. The first-order valence-corrected chi connectivity index (χ1v) is 7.48. The molecule has 0 radical (unpaired) electrons. The molecule has 3 rings (SSSR count). The van der Waals surface area contributed by atoms with Gasteiger partial charge in [-0.25, -0.2) is 0 Å². The third-order valence-electron chi connectivity index (χ3n) is 4.14. The van der Waals surface area contributed by atoms with Crippen molar-refractivity contribution in [2.45, 2.75) is 25.8 Å². The molecule has 0 fully saturated rings. The minimum atomic E-state index is -0.338. The van der Waals surface area contributed by atoms with Crippen LogP contribution in [-0.4, -0.2) is 13.0 Å². The summed E-state index contributed by atoms with van der Waals surface area (Å²) in [6.45, 7) is 2.10. The van der Waals surface area contributed by atoms with Crippen molar-refractivity contribution < 1.29 is 9.53 Å². The first-order valence-electron chi connectivity index (χ1n) is 7.48. The van der Waals surface area contributed by atoms with Crippen LogP contribution in [0.15, 0.2) is 36.4 Å². The van der Waals surface area contributed by atoms with E-state index in [1.165, 1.54) is 5.56 Å². The molecule has 0 saturated carbocycles. The van der Waals surface area contributed by atoms with Crippen molar-refractivity contribution in [1.29, 1.82) is 0 Å². The standard InChI is InChI=1S/C18H20N2O2/c1-3-11-8-12-10-16(21)20-18(12)14(9-11)17(19)13-6-4-5-7-15(13)22-2/h4-9,17H,3,10,19H2,1-2H3,(H,20,21). The highest BCUT2D eigenvalue weighted by atomic mass is 16.5. The fraction of sp³-hybridized carbons (Fsp3) is 0.278. The van der Waals surface area contributed by atoms with Gasteiger partial charge in [-0.05, 0) is 29.2 Å². The third kappa shape index (κ3) is 2.46. The van der Waals surface area contributed by atoms with Gasteiger partial charge in [-0.3, -0.25) is 4.79 Å². The summed E-state index contributed by atoms with van der Waals surface area (Å²) >= 11 is 0. The lowest BCUT2D eigenvalue weighted by molar-refractivity contribution is -0.115. The Hall–Kier alpha value is -2.33. The maximum absolute atomic E-state index is 11.8. The van der Waals surface area contributed by atoms with Gasteiger partial charge in [-0.1, -0.05) is 37.3 Å². The van der Waals surface area contributed by atoms with Gasteiger partial charge in [0.15, 0.2) is 0 Å². The Labute approximate surface area is 130 Å². The van der Waals surface area contributed by atoms with Crippen LogP contribution in [0.2, 0.25) is 0 Å². The smallest absolute Gasteiger partial charge is 0.228 e. The van der Waals surface area contributed by atoms with Crippen molar-refractivity contribution in [3.05, 3.63) is 58.7 Å². The monoisotopic (exact) mass is 296 g/mol. The molecule has 0 saturated heterocycles. The van der Waals surface area contributed by atoms with Gasteiger partial charge in [0.2, 0.25) is 5.91 Å². The second kappa shape index (κ2) is 5.81. The normalized spacial score (nSPS) is 14.4. The van der Waals surface area contributed by atoms with Crippen LogP contribution in [0.5, 0.6) is 5.75 Å². The summed E-state index contributed by atoms with van der Waals surface area (Å²) in [6, 6.07) is 11.6. The van der Waals surface area contributed by atoms with E-state index in [0.29, 0.717) is 6.42 Å². The van der Waals surface area contributed by atoms with E-state index in [-0.39, 0.29) is 11.9 Å². The molecule has 3 N–H and O–H groups in total. The molecule has 0 bridgehead atoms. The van der Waals surface area contributed by atoms with Gasteiger partial charge in [0.05, 0.1) is 19.6 Å². The van der Waals surface area contributed by atoms with E-state index in [2.05, 4.69) is 24.4 Å². The predicted molar refractivity (Wildman–Crippen MR) is 87.2 cm³/mol. The molecule has 22 heavy (non-hydrogen) atoms. The number of amides is 1. The number of benzene rings is 2. The first-order chi connectivity index (χ1) is 10.6. The number of carbonyl (C=O) groups excluding carboxylic acids is 1. The fourth-order valence-corrected chi connectivity index (χ4v) is 2.98. The molecule has 1 aliphatic heterocycles. The summed E-state index contributed by atoms with van der Waals surface area (Å²) in [5.74, 6) is 0.784. The average Bonchev–Trinajstić information content (AvgIpc) is 2.93. The zero-order valence-electron chi connectivity index (χ0n) is 12.8. The molecule has 4 heteroatoms. The summed E-state index contributed by atoms with van der Waals surface area (Å²) in [6.07, 6.45) is 1.34. The van der Waals surface area contributed by atoms with E-state index in [0.717, 1.165) is 34.5 Å². The number of nitrogens with one attached hydrogen (secondary N) is 1. The largest absolute Gasteiger partial charge is 0.496 e. The number of ether oxygens (including phenoxy) is 1. The number of carbonyl (C=O) groups is 1. The van der Waals surface area contributed by atoms with Crippen molar-refractivity contribution in [1.82, 2.24) is 0 Å². The third-order valence-corrected chi connectivity index (χ3v) is 4.14. The van der Waals surface area contributed by atoms with Crippen LogP contribution in [0.1, 0.15) is 35.2 Å². The maximum Gasteiger partial charge on any atom is 0.228 e. The average molecular weight is 296 g/mol. The van der Waals surface area contributed by atoms with Crippen molar-refractivity contribution in [2.75, 3.05) is 12.4 Å². The molecule has 2 aromatic carbocycles. The van der Waals surface area contributed by atoms with Crippen molar-refractivity contribution in [3.8, 4) is 5.75 Å². The van der Waals surface area contributed by atoms with Gasteiger partial charge in [0, 0.05) is 11.3 Å². The van der Waals surface area contributed by atoms with Crippen LogP contribution in [0, 0.1) is 0 Å². The Morgan fingerprint density at radius 1 is 1.27 bits per heavy atom. The van der Waals surface area contributed by atoms with Gasteiger partial charge in [-0.15, -0.1) is 0 Å². The highest BCUT2D eigenvalue weighted by Crippen LogP contribution is 2.37. The van der Waals surface area contributed by atoms with E-state index in [4.69, 9.17) is 10.5 Å². The number of para-hydroxylation sites is 1. The van der Waals surface area contributed by atoms with Crippen LogP contribution >= 0.6 is 0 Å². The van der Waals surface area contributed by atoms with E-state index in [1.54, 1.807) is 7.11 Å². The molecule has 2 aromatic rings. The number of fused-ring (bicyclic) bond motifs is 1. The topological polar surface area (TPSA) is 64.3 Å². The number of hydrogen-bond acceptors (Lipinski definition) is 3. The van der Waals surface area contributed by atoms with Crippen LogP contribution < -0.4 is 15.8 Å². The summed E-state index contributed by atoms with van der Waals surface area (Å²) < 4.78 is 5.42.